The molecule has 58 valence electrons. The second kappa shape index (κ2) is 2.49. The zero-order valence-corrected chi connectivity index (χ0v) is 5.20. The minimum Gasteiger partial charge on any atom is -0.359 e. The molecule has 0 fully saturated rings. The number of hydrogen-bond acceptors (Lipinski definition) is 3. The van der Waals surface area contributed by atoms with Gasteiger partial charge in [0, 0.05) is 6.20 Å². The maximum atomic E-state index is 12.3. The Morgan fingerprint density at radius 2 is 2.18 bits per heavy atom. The molecule has 0 unspecified atom stereocenters. The Labute approximate surface area is 59.6 Å². The molecule has 0 aromatic carbocycles. The zero-order chi connectivity index (χ0) is 8.43. The molecule has 0 bridgehead atoms. The van der Waals surface area contributed by atoms with Crippen molar-refractivity contribution in [2.45, 2.75) is 0 Å². The molecule has 11 heavy (non-hydrogen) atoms. The quantitative estimate of drug-likeness (QED) is 0.475. The molecule has 1 heterocycles. The number of pyridine rings is 1. The second-order valence-electron chi connectivity index (χ2n) is 1.77. The summed E-state index contributed by atoms with van der Waals surface area (Å²) in [5.41, 5.74) is -1.99. The van der Waals surface area contributed by atoms with E-state index >= 15 is 0 Å². The largest absolute Gasteiger partial charge is 0.359 e. The lowest BCUT2D eigenvalue weighted by molar-refractivity contribution is -0.386. The van der Waals surface area contributed by atoms with E-state index in [9.17, 15) is 19.3 Å². The van der Waals surface area contributed by atoms with Gasteiger partial charge in [-0.1, -0.05) is 0 Å². The fourth-order valence-electron chi connectivity index (χ4n) is 0.583. The molecular weight excluding hydrogens is 155 g/mol. The highest BCUT2D eigenvalue weighted by Gasteiger charge is 2.13. The normalized spacial score (nSPS) is 9.55. The molecule has 0 amide bonds. The van der Waals surface area contributed by atoms with E-state index in [1.807, 2.05) is 0 Å². The Kier molecular flexibility index (Phi) is 1.67. The van der Waals surface area contributed by atoms with Crippen molar-refractivity contribution in [1.82, 2.24) is 4.98 Å². The number of halogens is 1. The summed E-state index contributed by atoms with van der Waals surface area (Å²) in [5, 5.41) is 9.99. The number of nitrogens with zero attached hydrogens (tertiary/aromatic N) is 1. The third-order valence-corrected chi connectivity index (χ3v) is 1.08. The number of rotatable bonds is 1. The summed E-state index contributed by atoms with van der Waals surface area (Å²) in [6.07, 6.45) is 1.60. The van der Waals surface area contributed by atoms with Gasteiger partial charge in [-0.05, 0) is 0 Å². The van der Waals surface area contributed by atoms with Crippen LogP contribution < -0.4 is 5.43 Å². The van der Waals surface area contributed by atoms with Crippen LogP contribution in [0.25, 0.3) is 0 Å². The molecule has 1 rings (SSSR count). The lowest BCUT2D eigenvalue weighted by Gasteiger charge is -1.88. The van der Waals surface area contributed by atoms with Gasteiger partial charge in [-0.15, -0.1) is 0 Å². The zero-order valence-electron chi connectivity index (χ0n) is 5.20. The number of H-pyrrole nitrogens is 1. The van der Waals surface area contributed by atoms with E-state index in [1.165, 1.54) is 0 Å². The fraction of sp³-hybridized carbons (Fsp3) is 0. The van der Waals surface area contributed by atoms with Gasteiger partial charge in [0.25, 0.3) is 5.43 Å². The van der Waals surface area contributed by atoms with Gasteiger partial charge in [0.2, 0.25) is 0 Å². The Morgan fingerprint density at radius 1 is 1.55 bits per heavy atom. The van der Waals surface area contributed by atoms with Gasteiger partial charge in [-0.2, -0.15) is 0 Å². The summed E-state index contributed by atoms with van der Waals surface area (Å²) >= 11 is 0. The molecule has 0 spiro atoms. The van der Waals surface area contributed by atoms with Crippen LogP contribution in [0.5, 0.6) is 0 Å². The topological polar surface area (TPSA) is 76.0 Å². The second-order valence-corrected chi connectivity index (χ2v) is 1.77. The third kappa shape index (κ3) is 1.23. The molecule has 0 atom stereocenters. The summed E-state index contributed by atoms with van der Waals surface area (Å²) in [7, 11) is 0. The first kappa shape index (κ1) is 7.39. The van der Waals surface area contributed by atoms with Crippen molar-refractivity contribution >= 4 is 5.69 Å². The van der Waals surface area contributed by atoms with Crippen LogP contribution in [-0.2, 0) is 0 Å². The van der Waals surface area contributed by atoms with E-state index in [0.29, 0.717) is 0 Å². The van der Waals surface area contributed by atoms with Crippen molar-refractivity contribution < 1.29 is 9.31 Å². The minimum absolute atomic E-state index is 0.759. The predicted octanol–water partition coefficient (Wildman–Crippen LogP) is 0.422. The van der Waals surface area contributed by atoms with E-state index in [2.05, 4.69) is 4.98 Å². The van der Waals surface area contributed by atoms with Gasteiger partial charge in [-0.3, -0.25) is 14.9 Å². The van der Waals surface area contributed by atoms with Crippen molar-refractivity contribution in [3.05, 3.63) is 38.5 Å². The predicted molar refractivity (Wildman–Crippen MR) is 33.7 cm³/mol. The average Bonchev–Trinajstić information content (AvgIpc) is 1.94. The van der Waals surface area contributed by atoms with Crippen molar-refractivity contribution in [3.8, 4) is 0 Å². The molecule has 0 saturated heterocycles. The van der Waals surface area contributed by atoms with Crippen LogP contribution in [0.15, 0.2) is 17.2 Å². The summed E-state index contributed by atoms with van der Waals surface area (Å²) in [6.45, 7) is 0. The van der Waals surface area contributed by atoms with Gasteiger partial charge in [0.1, 0.15) is 0 Å². The molecule has 0 aliphatic carbocycles. The van der Waals surface area contributed by atoms with Crippen LogP contribution in [0, 0.1) is 15.9 Å². The van der Waals surface area contributed by atoms with Crippen LogP contribution in [-0.4, -0.2) is 9.91 Å². The Bertz CT molecular complexity index is 346. The number of aromatic amines is 1. The Hall–Kier alpha value is -1.72. The summed E-state index contributed by atoms with van der Waals surface area (Å²) in [6, 6.07) is 0. The van der Waals surface area contributed by atoms with Crippen LogP contribution in [0.2, 0.25) is 0 Å². The third-order valence-electron chi connectivity index (χ3n) is 1.08. The first-order valence-electron chi connectivity index (χ1n) is 2.64. The van der Waals surface area contributed by atoms with Gasteiger partial charge >= 0.3 is 5.69 Å². The van der Waals surface area contributed by atoms with E-state index in [4.69, 9.17) is 0 Å². The van der Waals surface area contributed by atoms with Crippen LogP contribution in [0.1, 0.15) is 0 Å². The molecule has 0 saturated carbocycles. The number of nitrogens with one attached hydrogen (secondary N) is 1. The van der Waals surface area contributed by atoms with E-state index in [0.717, 1.165) is 12.4 Å². The Balaban J connectivity index is 3.40. The van der Waals surface area contributed by atoms with Gasteiger partial charge < -0.3 is 4.98 Å². The van der Waals surface area contributed by atoms with Crippen LogP contribution >= 0.6 is 0 Å². The van der Waals surface area contributed by atoms with Gasteiger partial charge in [0.15, 0.2) is 5.82 Å². The lowest BCUT2D eigenvalue weighted by atomic mass is 10.4. The maximum absolute atomic E-state index is 12.3. The monoisotopic (exact) mass is 158 g/mol. The van der Waals surface area contributed by atoms with Crippen LogP contribution in [0.3, 0.4) is 0 Å². The molecule has 0 aliphatic rings. The summed E-state index contributed by atoms with van der Waals surface area (Å²) < 4.78 is 12.3. The lowest BCUT2D eigenvalue weighted by Crippen LogP contribution is -2.11. The average molecular weight is 158 g/mol. The van der Waals surface area contributed by atoms with Gasteiger partial charge in [0.05, 0.1) is 11.1 Å². The Morgan fingerprint density at radius 3 is 2.64 bits per heavy atom. The molecular formula is C5H3FN2O3. The molecule has 1 aromatic heterocycles. The summed E-state index contributed by atoms with van der Waals surface area (Å²) in [5.74, 6) is -1.15. The number of nitro groups is 1. The van der Waals surface area contributed by atoms with E-state index < -0.39 is 21.9 Å². The molecule has 0 aliphatic heterocycles. The number of aromatic nitrogens is 1. The molecule has 6 heteroatoms. The molecule has 0 radical (unpaired) electrons. The SMILES string of the molecule is O=c1c(F)c[nH]cc1[N+](=O)[O-]. The maximum Gasteiger partial charge on any atom is 0.335 e. The summed E-state index contributed by atoms with van der Waals surface area (Å²) in [4.78, 5) is 21.8. The van der Waals surface area contributed by atoms with Crippen molar-refractivity contribution in [3.63, 3.8) is 0 Å². The van der Waals surface area contributed by atoms with Crippen molar-refractivity contribution in [2.24, 2.45) is 0 Å². The van der Waals surface area contributed by atoms with E-state index in [-0.39, 0.29) is 0 Å². The molecule has 1 N–H and O–H groups in total. The van der Waals surface area contributed by atoms with E-state index in [1.54, 1.807) is 0 Å². The van der Waals surface area contributed by atoms with Gasteiger partial charge in [-0.25, -0.2) is 4.39 Å². The first-order chi connectivity index (χ1) is 5.13. The van der Waals surface area contributed by atoms with Crippen molar-refractivity contribution in [2.75, 3.05) is 0 Å². The standard InChI is InChI=1S/C5H3FN2O3/c6-3-1-7-2-4(5(3)9)8(10)11/h1-2H,(H,7,9). The van der Waals surface area contributed by atoms with Crippen LogP contribution in [0.4, 0.5) is 10.1 Å². The highest BCUT2D eigenvalue weighted by atomic mass is 19.1. The molecule has 5 nitrogen and oxygen atoms in total. The smallest absolute Gasteiger partial charge is 0.335 e. The first-order valence-corrected chi connectivity index (χ1v) is 2.64. The number of hydrogen-bond donors (Lipinski definition) is 1. The minimum atomic E-state index is -1.20. The fourth-order valence-corrected chi connectivity index (χ4v) is 0.583. The molecule has 1 aromatic rings. The highest BCUT2D eigenvalue weighted by molar-refractivity contribution is 5.24. The van der Waals surface area contributed by atoms with Crippen molar-refractivity contribution in [1.29, 1.82) is 0 Å². The highest BCUT2D eigenvalue weighted by Crippen LogP contribution is 2.00.